The number of thiazole rings is 1. The van der Waals surface area contributed by atoms with Crippen LogP contribution in [0.15, 0.2) is 49.7 Å². The number of imidazole rings is 1. The number of fused-ring (bicyclic) bond motifs is 2. The Kier molecular flexibility index (Phi) is 11.3. The number of likely N-dealkylation sites (tertiary alicyclic amines) is 2. The fraction of sp³-hybridized carbons (Fsp3) is 0.500. The van der Waals surface area contributed by atoms with Crippen LogP contribution in [0.4, 0.5) is 16.5 Å². The Morgan fingerprint density at radius 2 is 1.27 bits per heavy atom. The number of nitrogen functional groups attached to an aromatic ring is 1. The molecule has 1 unspecified atom stereocenters. The summed E-state index contributed by atoms with van der Waals surface area (Å²) in [5.41, 5.74) is 14.6. The normalized spacial score (nSPS) is 20.0. The fourth-order valence-corrected chi connectivity index (χ4v) is 10.7. The lowest BCUT2D eigenvalue weighted by molar-refractivity contribution is 0.0702. The maximum atomic E-state index is 13.2. The van der Waals surface area contributed by atoms with E-state index in [1.165, 1.54) is 11.3 Å². The first-order valence-electron chi connectivity index (χ1n) is 22.1. The first-order valence-corrected chi connectivity index (χ1v) is 22.9. The van der Waals surface area contributed by atoms with Gasteiger partial charge in [0.15, 0.2) is 5.13 Å². The molecule has 10 rings (SSSR count). The van der Waals surface area contributed by atoms with Crippen LogP contribution >= 0.6 is 11.3 Å². The number of carbonyl (C=O) groups is 2. The maximum Gasteiger partial charge on any atom is 0.274 e. The summed E-state index contributed by atoms with van der Waals surface area (Å²) in [6.45, 7) is 12.0. The Labute approximate surface area is 370 Å². The summed E-state index contributed by atoms with van der Waals surface area (Å²) in [6, 6.07) is 4.71. The number of carbonyl (C=O) groups excluding carboxylic acids is 2. The Balaban J connectivity index is 0.732. The van der Waals surface area contributed by atoms with Gasteiger partial charge in [0.25, 0.3) is 11.8 Å². The molecule has 0 bridgehead atoms. The molecule has 4 aliphatic heterocycles. The van der Waals surface area contributed by atoms with Gasteiger partial charge in [-0.1, -0.05) is 11.3 Å². The molecule has 0 aromatic carbocycles. The minimum atomic E-state index is -0.0166. The van der Waals surface area contributed by atoms with Gasteiger partial charge in [0.1, 0.15) is 34.3 Å². The van der Waals surface area contributed by atoms with Crippen molar-refractivity contribution in [2.24, 2.45) is 7.05 Å². The second-order valence-electron chi connectivity index (χ2n) is 17.5. The summed E-state index contributed by atoms with van der Waals surface area (Å²) in [5.74, 6) is 0.418. The number of aryl methyl sites for hydroxylation is 2. The quantitative estimate of drug-likeness (QED) is 0.234. The summed E-state index contributed by atoms with van der Waals surface area (Å²) in [5, 5.41) is 0.427. The molecule has 4 fully saturated rings. The number of likely N-dealkylation sites (N-methyl/N-ethyl adjacent to an activating group) is 1. The molecule has 10 heterocycles. The van der Waals surface area contributed by atoms with Crippen LogP contribution in [0.1, 0.15) is 74.8 Å². The number of piperazine rings is 2. The third-order valence-electron chi connectivity index (χ3n) is 13.6. The number of amides is 2. The molecule has 328 valence electrons. The first kappa shape index (κ1) is 41.1. The molecule has 2 N–H and O–H groups in total. The average Bonchev–Trinajstić information content (AvgIpc) is 3.91. The molecular formula is C44H54N16O2S. The van der Waals surface area contributed by atoms with Crippen molar-refractivity contribution < 1.29 is 9.59 Å². The van der Waals surface area contributed by atoms with Gasteiger partial charge in [-0.15, -0.1) is 0 Å². The number of hydrogen-bond donors (Lipinski definition) is 1. The van der Waals surface area contributed by atoms with Crippen molar-refractivity contribution in [1.29, 1.82) is 0 Å². The van der Waals surface area contributed by atoms with E-state index in [0.29, 0.717) is 53.6 Å². The van der Waals surface area contributed by atoms with Crippen molar-refractivity contribution in [2.75, 3.05) is 101 Å². The Morgan fingerprint density at radius 1 is 0.698 bits per heavy atom. The molecule has 6 aromatic heterocycles. The number of hydrogen-bond acceptors (Lipinski definition) is 16. The standard InChI is InChI=1S/C44H54N16O2S/c1-28-41(63-44(45)53-28)43(62)59-10-6-30(7-11-59)38-39-34(48-25-50-38)18-31(20-46-39)57-16-13-56(14-17-57)22-33-23-60(15-12-55(33)3)32-19-35-40(47-21-32)37(51-26-49-35)29-4-8-58(9-5-29)42(61)36-24-54(2)27-52-36/h18-21,24-27,29-30,33H,4-17,22-23H2,1-3H3,(H2,45,53). The van der Waals surface area contributed by atoms with Gasteiger partial charge in [-0.3, -0.25) is 29.4 Å². The van der Waals surface area contributed by atoms with E-state index in [1.807, 2.05) is 36.2 Å². The van der Waals surface area contributed by atoms with E-state index in [0.717, 1.165) is 123 Å². The zero-order valence-electron chi connectivity index (χ0n) is 36.2. The number of nitrogens with zero attached hydrogens (tertiary/aromatic N) is 15. The zero-order chi connectivity index (χ0) is 43.2. The molecule has 0 radical (unpaired) electrons. The highest BCUT2D eigenvalue weighted by atomic mass is 32.1. The van der Waals surface area contributed by atoms with Gasteiger partial charge in [0, 0.05) is 110 Å². The van der Waals surface area contributed by atoms with Crippen LogP contribution in [0.3, 0.4) is 0 Å². The van der Waals surface area contributed by atoms with Crippen LogP contribution in [-0.4, -0.2) is 167 Å². The predicted molar refractivity (Wildman–Crippen MR) is 242 cm³/mol. The fourth-order valence-electron chi connectivity index (χ4n) is 9.87. The Morgan fingerprint density at radius 3 is 1.83 bits per heavy atom. The van der Waals surface area contributed by atoms with E-state index in [9.17, 15) is 9.59 Å². The van der Waals surface area contributed by atoms with E-state index in [2.05, 4.69) is 58.7 Å². The van der Waals surface area contributed by atoms with Gasteiger partial charge in [0.2, 0.25) is 0 Å². The third kappa shape index (κ3) is 8.36. The molecule has 1 atom stereocenters. The molecule has 2 amide bonds. The van der Waals surface area contributed by atoms with Crippen molar-refractivity contribution in [3.63, 3.8) is 0 Å². The number of piperidine rings is 2. The van der Waals surface area contributed by atoms with Crippen LogP contribution < -0.4 is 15.5 Å². The van der Waals surface area contributed by atoms with E-state index in [4.69, 9.17) is 25.7 Å². The van der Waals surface area contributed by atoms with E-state index in [1.54, 1.807) is 29.7 Å². The van der Waals surface area contributed by atoms with Crippen molar-refractivity contribution in [2.45, 2.75) is 50.5 Å². The third-order valence-corrected chi connectivity index (χ3v) is 14.6. The topological polar surface area (TPSA) is 188 Å². The largest absolute Gasteiger partial charge is 0.375 e. The van der Waals surface area contributed by atoms with Crippen molar-refractivity contribution in [3.05, 3.63) is 77.4 Å². The van der Waals surface area contributed by atoms with E-state index in [-0.39, 0.29) is 23.7 Å². The minimum Gasteiger partial charge on any atom is -0.375 e. The first-order chi connectivity index (χ1) is 30.6. The molecule has 6 aromatic rings. The summed E-state index contributed by atoms with van der Waals surface area (Å²) in [6.07, 6.45) is 14.0. The molecule has 19 heteroatoms. The highest BCUT2D eigenvalue weighted by Gasteiger charge is 2.32. The lowest BCUT2D eigenvalue weighted by Gasteiger charge is -2.44. The summed E-state index contributed by atoms with van der Waals surface area (Å²) in [4.78, 5) is 77.7. The van der Waals surface area contributed by atoms with Crippen LogP contribution in [0.5, 0.6) is 0 Å². The van der Waals surface area contributed by atoms with Crippen molar-refractivity contribution in [3.8, 4) is 0 Å². The number of anilines is 3. The zero-order valence-corrected chi connectivity index (χ0v) is 37.0. The van der Waals surface area contributed by atoms with Crippen LogP contribution in [-0.2, 0) is 7.05 Å². The van der Waals surface area contributed by atoms with Gasteiger partial charge in [-0.05, 0) is 51.8 Å². The molecule has 0 spiro atoms. The van der Waals surface area contributed by atoms with Crippen molar-refractivity contribution >= 4 is 61.7 Å². The van der Waals surface area contributed by atoms with E-state index < -0.39 is 0 Å². The molecule has 4 aliphatic rings. The van der Waals surface area contributed by atoms with E-state index >= 15 is 0 Å². The van der Waals surface area contributed by atoms with Gasteiger partial charge in [0.05, 0.1) is 58.2 Å². The highest BCUT2D eigenvalue weighted by Crippen LogP contribution is 2.34. The molecule has 0 saturated carbocycles. The molecular weight excluding hydrogens is 817 g/mol. The molecule has 18 nitrogen and oxygen atoms in total. The summed E-state index contributed by atoms with van der Waals surface area (Å²) >= 11 is 1.26. The number of rotatable bonds is 8. The van der Waals surface area contributed by atoms with Gasteiger partial charge in [-0.25, -0.2) is 29.9 Å². The van der Waals surface area contributed by atoms with Gasteiger partial charge in [-0.2, -0.15) is 0 Å². The summed E-state index contributed by atoms with van der Waals surface area (Å²) < 4.78 is 1.80. The SMILES string of the molecule is Cc1nc(N)sc1C(=O)N1CCC(c2ncnc3cc(N4CCN(CC5CN(c6cnc7c(C8CCN(C(=O)c9cn(C)cn9)CC8)ncnc7c6)CCN5C)CC4)cnc23)CC1. The molecule has 4 saturated heterocycles. The molecule has 63 heavy (non-hydrogen) atoms. The van der Waals surface area contributed by atoms with Crippen molar-refractivity contribution in [1.82, 2.24) is 64.0 Å². The lowest BCUT2D eigenvalue weighted by atomic mass is 9.92. The number of nitrogens with two attached hydrogens (primary N) is 1. The van der Waals surface area contributed by atoms with Crippen LogP contribution in [0, 0.1) is 6.92 Å². The lowest BCUT2D eigenvalue weighted by Crippen LogP contribution is -2.58. The van der Waals surface area contributed by atoms with Crippen LogP contribution in [0.25, 0.3) is 22.1 Å². The smallest absolute Gasteiger partial charge is 0.274 e. The monoisotopic (exact) mass is 870 g/mol. The Bertz CT molecular complexity index is 2630. The number of aromatic nitrogens is 9. The second-order valence-corrected chi connectivity index (χ2v) is 18.6. The summed E-state index contributed by atoms with van der Waals surface area (Å²) in [7, 11) is 4.12. The predicted octanol–water partition coefficient (Wildman–Crippen LogP) is 3.43. The van der Waals surface area contributed by atoms with Gasteiger partial charge < -0.3 is 29.9 Å². The minimum absolute atomic E-state index is 0.00900. The highest BCUT2D eigenvalue weighted by molar-refractivity contribution is 7.17. The Hall–Kier alpha value is -5.92. The second kappa shape index (κ2) is 17.3. The van der Waals surface area contributed by atoms with Crippen LogP contribution in [0.2, 0.25) is 0 Å². The number of pyridine rings is 2. The average molecular weight is 871 g/mol. The van der Waals surface area contributed by atoms with Gasteiger partial charge >= 0.3 is 0 Å². The maximum absolute atomic E-state index is 13.2. The molecule has 0 aliphatic carbocycles.